The first kappa shape index (κ1) is 12.7. The van der Waals surface area contributed by atoms with Crippen LogP contribution in [0, 0.1) is 0 Å². The van der Waals surface area contributed by atoms with Crippen molar-refractivity contribution >= 4 is 5.91 Å². The molecule has 0 saturated heterocycles. The van der Waals surface area contributed by atoms with Gasteiger partial charge >= 0.3 is 6.18 Å². The van der Waals surface area contributed by atoms with Crippen molar-refractivity contribution in [2.75, 3.05) is 6.54 Å². The van der Waals surface area contributed by atoms with Crippen molar-refractivity contribution in [3.8, 4) is 5.75 Å². The summed E-state index contributed by atoms with van der Waals surface area (Å²) < 4.78 is 41.1. The van der Waals surface area contributed by atoms with Crippen molar-refractivity contribution in [1.29, 1.82) is 0 Å². The van der Waals surface area contributed by atoms with Crippen LogP contribution in [0.2, 0.25) is 0 Å². The summed E-state index contributed by atoms with van der Waals surface area (Å²) in [5.74, 6) is 0.115. The molecule has 0 bridgehead atoms. The quantitative estimate of drug-likeness (QED) is 0.902. The molecular weight excluding hydrogens is 247 g/mol. The van der Waals surface area contributed by atoms with Crippen molar-refractivity contribution in [1.82, 2.24) is 5.32 Å². The number of ether oxygens (including phenoxy) is 1. The predicted octanol–water partition coefficient (Wildman–Crippen LogP) is 2.06. The molecule has 0 aromatic heterocycles. The van der Waals surface area contributed by atoms with Gasteiger partial charge in [0.15, 0.2) is 6.10 Å². The van der Waals surface area contributed by atoms with E-state index in [9.17, 15) is 18.0 Å². The van der Waals surface area contributed by atoms with Gasteiger partial charge in [0, 0.05) is 13.0 Å². The molecule has 18 heavy (non-hydrogen) atoms. The molecule has 0 radical (unpaired) electrons. The number of nitrogens with one attached hydrogen (secondary N) is 1. The van der Waals surface area contributed by atoms with Crippen molar-refractivity contribution in [3.63, 3.8) is 0 Å². The molecule has 0 spiro atoms. The van der Waals surface area contributed by atoms with E-state index < -0.39 is 31.2 Å². The van der Waals surface area contributed by atoms with Gasteiger partial charge in [0.2, 0.25) is 0 Å². The van der Waals surface area contributed by atoms with Crippen molar-refractivity contribution in [2.24, 2.45) is 0 Å². The number of carbonyl (C=O) groups excluding carboxylic acids is 1. The highest BCUT2D eigenvalue weighted by atomic mass is 19.4. The van der Waals surface area contributed by atoms with Crippen LogP contribution in [0.5, 0.6) is 5.75 Å². The molecule has 1 aromatic carbocycles. The van der Waals surface area contributed by atoms with Crippen LogP contribution >= 0.6 is 0 Å². The normalized spacial score (nSPS) is 18.1. The Morgan fingerprint density at radius 2 is 2.11 bits per heavy atom. The van der Waals surface area contributed by atoms with Crippen LogP contribution in [0.25, 0.3) is 0 Å². The Bertz CT molecular complexity index is 420. The maximum Gasteiger partial charge on any atom is 0.390 e. The first-order chi connectivity index (χ1) is 8.46. The number of fused-ring (bicyclic) bond motifs is 1. The highest BCUT2D eigenvalue weighted by Gasteiger charge is 2.30. The summed E-state index contributed by atoms with van der Waals surface area (Å²) >= 11 is 0. The minimum absolute atomic E-state index is 0.397. The van der Waals surface area contributed by atoms with Gasteiger partial charge in [0.25, 0.3) is 5.91 Å². The molecule has 1 amide bonds. The molecule has 2 rings (SSSR count). The third-order valence-electron chi connectivity index (χ3n) is 2.65. The number of rotatable bonds is 3. The van der Waals surface area contributed by atoms with E-state index in [1.54, 1.807) is 12.1 Å². The fourth-order valence-electron chi connectivity index (χ4n) is 1.77. The Morgan fingerprint density at radius 1 is 1.39 bits per heavy atom. The van der Waals surface area contributed by atoms with E-state index >= 15 is 0 Å². The van der Waals surface area contributed by atoms with Gasteiger partial charge in [-0.3, -0.25) is 4.79 Å². The number of hydrogen-bond acceptors (Lipinski definition) is 2. The van der Waals surface area contributed by atoms with Crippen LogP contribution < -0.4 is 10.1 Å². The monoisotopic (exact) mass is 259 g/mol. The topological polar surface area (TPSA) is 38.3 Å². The van der Waals surface area contributed by atoms with Gasteiger partial charge in [-0.25, -0.2) is 0 Å². The van der Waals surface area contributed by atoms with Crippen molar-refractivity contribution in [3.05, 3.63) is 29.8 Å². The van der Waals surface area contributed by atoms with Crippen molar-refractivity contribution < 1.29 is 22.7 Å². The average Bonchev–Trinajstić information content (AvgIpc) is 2.70. The fraction of sp³-hybridized carbons (Fsp3) is 0.417. The maximum absolute atomic E-state index is 11.9. The Labute approximate surface area is 102 Å². The van der Waals surface area contributed by atoms with E-state index in [0.29, 0.717) is 12.2 Å². The lowest BCUT2D eigenvalue weighted by Gasteiger charge is -2.12. The highest BCUT2D eigenvalue weighted by molar-refractivity contribution is 5.82. The van der Waals surface area contributed by atoms with Crippen LogP contribution in [-0.4, -0.2) is 24.7 Å². The molecule has 1 aromatic rings. The lowest BCUT2D eigenvalue weighted by atomic mass is 10.1. The Balaban J connectivity index is 1.83. The molecule has 6 heteroatoms. The van der Waals surface area contributed by atoms with Crippen LogP contribution in [-0.2, 0) is 11.2 Å². The molecular formula is C12H12F3NO2. The zero-order chi connectivity index (χ0) is 13.2. The number of para-hydroxylation sites is 1. The van der Waals surface area contributed by atoms with Gasteiger partial charge in [-0.1, -0.05) is 18.2 Å². The molecule has 1 N–H and O–H groups in total. The Kier molecular flexibility index (Phi) is 3.45. The van der Waals surface area contributed by atoms with Gasteiger partial charge in [0.1, 0.15) is 5.75 Å². The van der Waals surface area contributed by atoms with E-state index in [0.717, 1.165) is 5.56 Å². The lowest BCUT2D eigenvalue weighted by molar-refractivity contribution is -0.137. The fourth-order valence-corrected chi connectivity index (χ4v) is 1.77. The molecule has 3 nitrogen and oxygen atoms in total. The average molecular weight is 259 g/mol. The zero-order valence-corrected chi connectivity index (χ0v) is 9.46. The molecule has 1 unspecified atom stereocenters. The summed E-state index contributed by atoms with van der Waals surface area (Å²) in [5, 5.41) is 2.23. The van der Waals surface area contributed by atoms with E-state index in [1.165, 1.54) is 0 Å². The molecule has 1 heterocycles. The van der Waals surface area contributed by atoms with Crippen LogP contribution in [0.15, 0.2) is 24.3 Å². The van der Waals surface area contributed by atoms with Crippen LogP contribution in [0.3, 0.4) is 0 Å². The first-order valence-electron chi connectivity index (χ1n) is 5.55. The number of hydrogen-bond donors (Lipinski definition) is 1. The first-order valence-corrected chi connectivity index (χ1v) is 5.55. The van der Waals surface area contributed by atoms with Crippen molar-refractivity contribution in [2.45, 2.75) is 25.1 Å². The summed E-state index contributed by atoms with van der Waals surface area (Å²) in [4.78, 5) is 11.6. The largest absolute Gasteiger partial charge is 0.480 e. The number of alkyl halides is 3. The molecule has 0 saturated carbocycles. The van der Waals surface area contributed by atoms with Crippen LogP contribution in [0.1, 0.15) is 12.0 Å². The molecule has 1 atom stereocenters. The van der Waals surface area contributed by atoms with Crippen LogP contribution in [0.4, 0.5) is 13.2 Å². The number of benzene rings is 1. The summed E-state index contributed by atoms with van der Waals surface area (Å²) in [6, 6.07) is 7.17. The lowest BCUT2D eigenvalue weighted by Crippen LogP contribution is -2.38. The number of carbonyl (C=O) groups is 1. The van der Waals surface area contributed by atoms with Gasteiger partial charge in [-0.15, -0.1) is 0 Å². The third kappa shape index (κ3) is 3.15. The van der Waals surface area contributed by atoms with Gasteiger partial charge in [-0.05, 0) is 11.6 Å². The second-order valence-electron chi connectivity index (χ2n) is 4.07. The van der Waals surface area contributed by atoms with E-state index in [2.05, 4.69) is 5.32 Å². The molecule has 0 aliphatic carbocycles. The molecule has 98 valence electrons. The second-order valence-corrected chi connectivity index (χ2v) is 4.07. The summed E-state index contributed by atoms with van der Waals surface area (Å²) in [6.45, 7) is -0.418. The molecule has 0 fully saturated rings. The smallest absolute Gasteiger partial charge is 0.390 e. The maximum atomic E-state index is 11.9. The SMILES string of the molecule is O=C(NCCC(F)(F)F)C1Cc2ccccc2O1. The summed E-state index contributed by atoms with van der Waals surface area (Å²) in [5.41, 5.74) is 0.897. The summed E-state index contributed by atoms with van der Waals surface area (Å²) in [7, 11) is 0. The van der Waals surface area contributed by atoms with Gasteiger partial charge in [-0.2, -0.15) is 13.2 Å². The second kappa shape index (κ2) is 4.88. The van der Waals surface area contributed by atoms with E-state index in [4.69, 9.17) is 4.74 Å². The zero-order valence-electron chi connectivity index (χ0n) is 9.46. The molecule has 1 aliphatic heterocycles. The number of halogens is 3. The highest BCUT2D eigenvalue weighted by Crippen LogP contribution is 2.28. The standard InChI is InChI=1S/C12H12F3NO2/c13-12(14,15)5-6-16-11(17)10-7-8-3-1-2-4-9(8)18-10/h1-4,10H,5-7H2,(H,16,17). The minimum Gasteiger partial charge on any atom is -0.480 e. The van der Waals surface area contributed by atoms with Gasteiger partial charge < -0.3 is 10.1 Å². The van der Waals surface area contributed by atoms with E-state index in [1.807, 2.05) is 12.1 Å². The summed E-state index contributed by atoms with van der Waals surface area (Å²) in [6.07, 6.45) is -5.62. The van der Waals surface area contributed by atoms with E-state index in [-0.39, 0.29) is 0 Å². The minimum atomic E-state index is -4.26. The predicted molar refractivity (Wildman–Crippen MR) is 58.2 cm³/mol. The molecule has 1 aliphatic rings. The Morgan fingerprint density at radius 3 is 2.78 bits per heavy atom. The third-order valence-corrected chi connectivity index (χ3v) is 2.65. The Hall–Kier alpha value is -1.72. The van der Waals surface area contributed by atoms with Gasteiger partial charge in [0.05, 0.1) is 6.42 Å². The number of amides is 1.